The van der Waals surface area contributed by atoms with Crippen molar-refractivity contribution in [2.24, 2.45) is 5.41 Å². The fraction of sp³-hybridized carbons (Fsp3) is 0.161. The van der Waals surface area contributed by atoms with Gasteiger partial charge in [-0.1, -0.05) is 26.8 Å². The predicted octanol–water partition coefficient (Wildman–Crippen LogP) is 6.97. The van der Waals surface area contributed by atoms with E-state index in [4.69, 9.17) is 4.74 Å². The van der Waals surface area contributed by atoms with Crippen LogP contribution in [-0.2, 0) is 4.79 Å². The van der Waals surface area contributed by atoms with Gasteiger partial charge >= 0.3 is 0 Å². The average molecular weight is 535 g/mol. The summed E-state index contributed by atoms with van der Waals surface area (Å²) in [4.78, 5) is 24.8. The molecule has 8 nitrogen and oxygen atoms in total. The Morgan fingerprint density at radius 3 is 2.52 bits per heavy atom. The van der Waals surface area contributed by atoms with Crippen molar-refractivity contribution in [3.8, 4) is 39.5 Å². The first-order valence-corrected chi connectivity index (χ1v) is 12.8. The number of anilines is 1. The number of hydrogen-bond donors (Lipinski definition) is 3. The number of carbonyl (C=O) groups excluding carboxylic acids is 1. The monoisotopic (exact) mass is 534 g/mol. The molecule has 0 aliphatic carbocycles. The molecule has 0 radical (unpaired) electrons. The van der Waals surface area contributed by atoms with Gasteiger partial charge in [0.15, 0.2) is 0 Å². The molecule has 0 saturated heterocycles. The van der Waals surface area contributed by atoms with Crippen molar-refractivity contribution in [2.75, 3.05) is 12.4 Å². The highest BCUT2D eigenvalue weighted by Gasteiger charge is 2.21. The number of aromatic nitrogens is 5. The number of ether oxygens (including phenoxy) is 1. The molecule has 2 aromatic carbocycles. The molecule has 0 aliphatic rings. The minimum Gasteiger partial charge on any atom is -0.497 e. The van der Waals surface area contributed by atoms with Crippen LogP contribution in [0.2, 0.25) is 0 Å². The number of fused-ring (bicyclic) bond motifs is 2. The van der Waals surface area contributed by atoms with E-state index < -0.39 is 11.2 Å². The van der Waals surface area contributed by atoms with Gasteiger partial charge < -0.3 is 15.0 Å². The van der Waals surface area contributed by atoms with Crippen LogP contribution >= 0.6 is 0 Å². The minimum atomic E-state index is -0.518. The fourth-order valence-corrected chi connectivity index (χ4v) is 4.61. The molecule has 4 heterocycles. The van der Waals surface area contributed by atoms with Crippen LogP contribution in [0.1, 0.15) is 20.8 Å². The molecule has 0 atom stereocenters. The van der Waals surface area contributed by atoms with Crippen LogP contribution in [0.25, 0.3) is 55.6 Å². The van der Waals surface area contributed by atoms with E-state index >= 15 is 0 Å². The minimum absolute atomic E-state index is 0.0802. The highest BCUT2D eigenvalue weighted by molar-refractivity contribution is 6.01. The van der Waals surface area contributed by atoms with Crippen LogP contribution in [0.4, 0.5) is 10.1 Å². The van der Waals surface area contributed by atoms with Crippen molar-refractivity contribution in [3.05, 3.63) is 79.0 Å². The van der Waals surface area contributed by atoms with Crippen molar-refractivity contribution in [1.82, 2.24) is 25.1 Å². The number of methoxy groups -OCH3 is 1. The van der Waals surface area contributed by atoms with Gasteiger partial charge in [0.25, 0.3) is 0 Å². The third-order valence-corrected chi connectivity index (χ3v) is 6.76. The van der Waals surface area contributed by atoms with Gasteiger partial charge in [-0.25, -0.2) is 4.39 Å². The zero-order chi connectivity index (χ0) is 28.0. The lowest BCUT2D eigenvalue weighted by Crippen LogP contribution is -2.27. The van der Waals surface area contributed by atoms with Gasteiger partial charge in [0, 0.05) is 51.3 Å². The molecular formula is C31H27FN6O2. The summed E-state index contributed by atoms with van der Waals surface area (Å²) < 4.78 is 19.5. The molecule has 40 heavy (non-hydrogen) atoms. The summed E-state index contributed by atoms with van der Waals surface area (Å²) in [5, 5.41) is 12.4. The third kappa shape index (κ3) is 4.66. The Morgan fingerprint density at radius 1 is 0.900 bits per heavy atom. The Bertz CT molecular complexity index is 1900. The van der Waals surface area contributed by atoms with E-state index in [1.165, 1.54) is 19.2 Å². The molecule has 6 rings (SSSR count). The fourth-order valence-electron chi connectivity index (χ4n) is 4.61. The number of rotatable bonds is 5. The molecule has 6 aromatic rings. The number of aromatic amines is 2. The van der Waals surface area contributed by atoms with Crippen LogP contribution in [0.15, 0.2) is 73.2 Å². The number of nitrogens with zero attached hydrogens (tertiary/aromatic N) is 3. The lowest BCUT2D eigenvalue weighted by Gasteiger charge is -2.17. The highest BCUT2D eigenvalue weighted by atomic mass is 19.1. The zero-order valence-corrected chi connectivity index (χ0v) is 22.5. The largest absolute Gasteiger partial charge is 0.497 e. The van der Waals surface area contributed by atoms with Crippen molar-refractivity contribution < 1.29 is 13.9 Å². The van der Waals surface area contributed by atoms with Crippen molar-refractivity contribution in [3.63, 3.8) is 0 Å². The summed E-state index contributed by atoms with van der Waals surface area (Å²) in [6, 6.07) is 16.3. The van der Waals surface area contributed by atoms with Gasteiger partial charge in [-0.15, -0.1) is 0 Å². The molecule has 3 N–H and O–H groups in total. The Balaban J connectivity index is 1.40. The van der Waals surface area contributed by atoms with E-state index in [0.717, 1.165) is 44.3 Å². The van der Waals surface area contributed by atoms with Gasteiger partial charge in [0.2, 0.25) is 5.91 Å². The standard InChI is InChI=1S/C31H27FN6O2/c1-31(2,3)30(39)35-21-10-19(15-33-16-21)17-5-6-26-23(12-17)29(38-37-26)27-14-24-25(36-27)7-8-34-28(24)18-9-20(32)13-22(11-18)40-4/h5-16,36H,1-4H3,(H,35,39)(H,37,38). The van der Waals surface area contributed by atoms with Gasteiger partial charge in [0.1, 0.15) is 17.3 Å². The molecule has 4 aromatic heterocycles. The lowest BCUT2D eigenvalue weighted by molar-refractivity contribution is -0.123. The molecule has 0 fully saturated rings. The second kappa shape index (κ2) is 9.60. The molecule has 1 amide bonds. The van der Waals surface area contributed by atoms with Crippen LogP contribution in [0.5, 0.6) is 5.75 Å². The van der Waals surface area contributed by atoms with Crippen LogP contribution in [0.3, 0.4) is 0 Å². The number of hydrogen-bond acceptors (Lipinski definition) is 5. The van der Waals surface area contributed by atoms with E-state index in [-0.39, 0.29) is 5.91 Å². The zero-order valence-electron chi connectivity index (χ0n) is 22.5. The molecular weight excluding hydrogens is 507 g/mol. The number of halogens is 1. The summed E-state index contributed by atoms with van der Waals surface area (Å²) >= 11 is 0. The average Bonchev–Trinajstić information content (AvgIpc) is 3.56. The van der Waals surface area contributed by atoms with Crippen LogP contribution in [0, 0.1) is 11.2 Å². The predicted molar refractivity (Wildman–Crippen MR) is 154 cm³/mol. The van der Waals surface area contributed by atoms with E-state index in [1.54, 1.807) is 24.7 Å². The van der Waals surface area contributed by atoms with E-state index in [2.05, 4.69) is 30.5 Å². The Labute approximate surface area is 229 Å². The maximum absolute atomic E-state index is 14.3. The Kier molecular flexibility index (Phi) is 6.06. The smallest absolute Gasteiger partial charge is 0.229 e. The van der Waals surface area contributed by atoms with E-state index in [0.29, 0.717) is 22.7 Å². The number of benzene rings is 2. The number of H-pyrrole nitrogens is 2. The van der Waals surface area contributed by atoms with Gasteiger partial charge in [-0.2, -0.15) is 5.10 Å². The molecule has 9 heteroatoms. The number of amides is 1. The first kappa shape index (κ1) is 25.2. The number of nitrogens with one attached hydrogen (secondary N) is 3. The first-order chi connectivity index (χ1) is 19.2. The highest BCUT2D eigenvalue weighted by Crippen LogP contribution is 2.35. The molecule has 0 bridgehead atoms. The van der Waals surface area contributed by atoms with Crippen molar-refractivity contribution >= 4 is 33.4 Å². The summed E-state index contributed by atoms with van der Waals surface area (Å²) in [7, 11) is 1.51. The summed E-state index contributed by atoms with van der Waals surface area (Å²) in [5.74, 6) is -0.0541. The summed E-state index contributed by atoms with van der Waals surface area (Å²) in [6.45, 7) is 5.60. The topological polar surface area (TPSA) is 109 Å². The van der Waals surface area contributed by atoms with Crippen molar-refractivity contribution in [1.29, 1.82) is 0 Å². The molecule has 200 valence electrons. The SMILES string of the molecule is COc1cc(F)cc(-c2nccc3[nH]c(-c4n[nH]c5ccc(-c6cncc(NC(=O)C(C)(C)C)c6)cc45)cc23)c1. The van der Waals surface area contributed by atoms with Gasteiger partial charge in [0.05, 0.1) is 35.9 Å². The van der Waals surface area contributed by atoms with Crippen molar-refractivity contribution in [2.45, 2.75) is 20.8 Å². The Hall–Kier alpha value is -5.05. The Morgan fingerprint density at radius 2 is 1.73 bits per heavy atom. The van der Waals surface area contributed by atoms with E-state index in [1.807, 2.05) is 57.2 Å². The molecule has 0 saturated carbocycles. The second-order valence-electron chi connectivity index (χ2n) is 10.7. The van der Waals surface area contributed by atoms with Crippen LogP contribution < -0.4 is 10.1 Å². The maximum Gasteiger partial charge on any atom is 0.229 e. The molecule has 0 spiro atoms. The second-order valence-corrected chi connectivity index (χ2v) is 10.7. The van der Waals surface area contributed by atoms with Gasteiger partial charge in [-0.3, -0.25) is 19.9 Å². The number of pyridine rings is 2. The quantitative estimate of drug-likeness (QED) is 0.221. The maximum atomic E-state index is 14.3. The normalized spacial score (nSPS) is 11.7. The van der Waals surface area contributed by atoms with Crippen LogP contribution in [-0.4, -0.2) is 38.2 Å². The van der Waals surface area contributed by atoms with E-state index in [9.17, 15) is 9.18 Å². The number of carbonyl (C=O) groups is 1. The molecule has 0 unspecified atom stereocenters. The first-order valence-electron chi connectivity index (χ1n) is 12.8. The summed E-state index contributed by atoms with van der Waals surface area (Å²) in [5.41, 5.74) is 6.42. The third-order valence-electron chi connectivity index (χ3n) is 6.76. The lowest BCUT2D eigenvalue weighted by atomic mass is 9.95. The molecule has 0 aliphatic heterocycles. The van der Waals surface area contributed by atoms with Gasteiger partial charge in [-0.05, 0) is 48.0 Å². The summed E-state index contributed by atoms with van der Waals surface area (Å²) in [6.07, 6.45) is 5.09.